The van der Waals surface area contributed by atoms with Gasteiger partial charge in [0.2, 0.25) is 0 Å². The van der Waals surface area contributed by atoms with Crippen LogP contribution in [-0.2, 0) is 0 Å². The second-order valence-electron chi connectivity index (χ2n) is 5.00. The van der Waals surface area contributed by atoms with Gasteiger partial charge in [0.05, 0.1) is 12.1 Å². The van der Waals surface area contributed by atoms with Crippen LogP contribution >= 0.6 is 15.9 Å². The Labute approximate surface area is 132 Å². The molecule has 0 heterocycles. The van der Waals surface area contributed by atoms with Gasteiger partial charge in [0.15, 0.2) is 0 Å². The molecular weight excluding hydrogens is 335 g/mol. The molecular formula is C16H18BrFN2O. The van der Waals surface area contributed by atoms with Gasteiger partial charge in [-0.2, -0.15) is 0 Å². The molecule has 2 aromatic carbocycles. The maximum atomic E-state index is 13.5. The summed E-state index contributed by atoms with van der Waals surface area (Å²) < 4.78 is 20.0. The molecule has 0 aromatic heterocycles. The van der Waals surface area contributed by atoms with Crippen LogP contribution in [0.25, 0.3) is 0 Å². The third-order valence-corrected chi connectivity index (χ3v) is 3.72. The van der Waals surface area contributed by atoms with E-state index in [0.29, 0.717) is 0 Å². The Hall–Kier alpha value is -1.43. The van der Waals surface area contributed by atoms with Crippen LogP contribution in [-0.4, -0.2) is 6.10 Å². The fraction of sp³-hybridized carbons (Fsp3) is 0.250. The molecule has 2 aromatic rings. The van der Waals surface area contributed by atoms with E-state index in [1.54, 1.807) is 6.07 Å². The minimum atomic E-state index is -0.328. The van der Waals surface area contributed by atoms with Gasteiger partial charge in [-0.15, -0.1) is 0 Å². The first-order valence-corrected chi connectivity index (χ1v) is 7.48. The SMILES string of the molecule is CC(C)Oc1cccc(C(NN)c2cc(F)ccc2Br)c1. The van der Waals surface area contributed by atoms with E-state index in [-0.39, 0.29) is 18.0 Å². The van der Waals surface area contributed by atoms with Crippen LogP contribution in [0.3, 0.4) is 0 Å². The van der Waals surface area contributed by atoms with Gasteiger partial charge < -0.3 is 4.74 Å². The molecule has 0 aliphatic carbocycles. The summed E-state index contributed by atoms with van der Waals surface area (Å²) in [4.78, 5) is 0. The van der Waals surface area contributed by atoms with E-state index in [0.717, 1.165) is 21.3 Å². The molecule has 0 aliphatic heterocycles. The molecule has 3 nitrogen and oxygen atoms in total. The summed E-state index contributed by atoms with van der Waals surface area (Å²) in [7, 11) is 0. The molecule has 0 aliphatic rings. The summed E-state index contributed by atoms with van der Waals surface area (Å²) in [6.45, 7) is 3.93. The van der Waals surface area contributed by atoms with Crippen molar-refractivity contribution in [1.82, 2.24) is 5.43 Å². The maximum absolute atomic E-state index is 13.5. The molecule has 0 saturated carbocycles. The Kier molecular flexibility index (Phi) is 5.33. The van der Waals surface area contributed by atoms with Gasteiger partial charge in [0.1, 0.15) is 11.6 Å². The van der Waals surface area contributed by atoms with Crippen LogP contribution in [0, 0.1) is 5.82 Å². The summed E-state index contributed by atoms with van der Waals surface area (Å²) in [5, 5.41) is 0. The number of nitrogens with one attached hydrogen (secondary N) is 1. The van der Waals surface area contributed by atoms with Crippen molar-refractivity contribution < 1.29 is 9.13 Å². The highest BCUT2D eigenvalue weighted by Gasteiger charge is 2.17. The van der Waals surface area contributed by atoms with Crippen molar-refractivity contribution in [1.29, 1.82) is 0 Å². The predicted octanol–water partition coefficient (Wildman–Crippen LogP) is 3.93. The number of nitrogens with two attached hydrogens (primary N) is 1. The molecule has 0 fully saturated rings. The lowest BCUT2D eigenvalue weighted by molar-refractivity contribution is 0.242. The molecule has 0 radical (unpaired) electrons. The molecule has 5 heteroatoms. The second-order valence-corrected chi connectivity index (χ2v) is 5.86. The first-order valence-electron chi connectivity index (χ1n) is 6.69. The van der Waals surface area contributed by atoms with Crippen molar-refractivity contribution >= 4 is 15.9 Å². The zero-order chi connectivity index (χ0) is 15.4. The van der Waals surface area contributed by atoms with Crippen LogP contribution in [0.5, 0.6) is 5.75 Å². The Bertz CT molecular complexity index is 619. The van der Waals surface area contributed by atoms with Gasteiger partial charge in [0.25, 0.3) is 0 Å². The lowest BCUT2D eigenvalue weighted by Gasteiger charge is -2.20. The van der Waals surface area contributed by atoms with Crippen LogP contribution in [0.4, 0.5) is 4.39 Å². The van der Waals surface area contributed by atoms with E-state index in [1.165, 1.54) is 12.1 Å². The average Bonchev–Trinajstić information content (AvgIpc) is 2.43. The molecule has 0 saturated heterocycles. The Morgan fingerprint density at radius 3 is 2.62 bits per heavy atom. The van der Waals surface area contributed by atoms with Gasteiger partial charge in [-0.3, -0.25) is 5.84 Å². The maximum Gasteiger partial charge on any atom is 0.123 e. The highest BCUT2D eigenvalue weighted by Crippen LogP contribution is 2.30. The van der Waals surface area contributed by atoms with Crippen molar-refractivity contribution in [2.45, 2.75) is 26.0 Å². The van der Waals surface area contributed by atoms with Crippen LogP contribution in [0.2, 0.25) is 0 Å². The van der Waals surface area contributed by atoms with Crippen molar-refractivity contribution in [2.75, 3.05) is 0 Å². The third-order valence-electron chi connectivity index (χ3n) is 3.00. The van der Waals surface area contributed by atoms with Gasteiger partial charge in [-0.25, -0.2) is 9.82 Å². The van der Waals surface area contributed by atoms with Crippen molar-refractivity contribution in [3.05, 3.63) is 63.9 Å². The first-order chi connectivity index (χ1) is 10.0. The monoisotopic (exact) mass is 352 g/mol. The topological polar surface area (TPSA) is 47.3 Å². The number of halogens is 2. The summed E-state index contributed by atoms with van der Waals surface area (Å²) >= 11 is 3.43. The predicted molar refractivity (Wildman–Crippen MR) is 85.5 cm³/mol. The molecule has 3 N–H and O–H groups in total. The van der Waals surface area contributed by atoms with Crippen molar-refractivity contribution in [3.8, 4) is 5.75 Å². The van der Waals surface area contributed by atoms with E-state index >= 15 is 0 Å². The highest BCUT2D eigenvalue weighted by molar-refractivity contribution is 9.10. The standard InChI is InChI=1S/C16H18BrFN2O/c1-10(2)21-13-5-3-4-11(8-13)16(20-19)14-9-12(18)6-7-15(14)17/h3-10,16,20H,19H2,1-2H3. The zero-order valence-electron chi connectivity index (χ0n) is 11.9. The molecule has 112 valence electrons. The number of hydrazine groups is 1. The van der Waals surface area contributed by atoms with Crippen LogP contribution in [0.1, 0.15) is 31.0 Å². The Morgan fingerprint density at radius 1 is 1.19 bits per heavy atom. The summed E-state index contributed by atoms with van der Waals surface area (Å²) in [6.07, 6.45) is 0.0884. The summed E-state index contributed by atoms with van der Waals surface area (Å²) in [5.74, 6) is 6.13. The van der Waals surface area contributed by atoms with Gasteiger partial charge in [-0.05, 0) is 55.3 Å². The highest BCUT2D eigenvalue weighted by atomic mass is 79.9. The first kappa shape index (κ1) is 15.9. The van der Waals surface area contributed by atoms with E-state index in [4.69, 9.17) is 10.6 Å². The van der Waals surface area contributed by atoms with E-state index in [1.807, 2.05) is 38.1 Å². The Balaban J connectivity index is 2.39. The molecule has 0 bridgehead atoms. The number of hydrogen-bond acceptors (Lipinski definition) is 3. The molecule has 0 spiro atoms. The quantitative estimate of drug-likeness (QED) is 0.633. The second kappa shape index (κ2) is 7.02. The summed E-state index contributed by atoms with van der Waals surface area (Å²) in [6, 6.07) is 11.8. The third kappa shape index (κ3) is 4.03. The summed E-state index contributed by atoms with van der Waals surface area (Å²) in [5.41, 5.74) is 4.37. The molecule has 0 amide bonds. The Morgan fingerprint density at radius 2 is 1.95 bits per heavy atom. The largest absolute Gasteiger partial charge is 0.491 e. The molecule has 2 rings (SSSR count). The van der Waals surface area contributed by atoms with Crippen molar-refractivity contribution in [2.24, 2.45) is 5.84 Å². The lowest BCUT2D eigenvalue weighted by Crippen LogP contribution is -2.29. The van der Waals surface area contributed by atoms with Gasteiger partial charge >= 0.3 is 0 Å². The fourth-order valence-corrected chi connectivity index (χ4v) is 2.62. The molecule has 21 heavy (non-hydrogen) atoms. The van der Waals surface area contributed by atoms with Crippen molar-refractivity contribution in [3.63, 3.8) is 0 Å². The minimum Gasteiger partial charge on any atom is -0.491 e. The minimum absolute atomic E-state index is 0.0884. The van der Waals surface area contributed by atoms with Crippen LogP contribution < -0.4 is 16.0 Å². The number of rotatable bonds is 5. The normalized spacial score (nSPS) is 12.5. The van der Waals surface area contributed by atoms with Crippen LogP contribution in [0.15, 0.2) is 46.9 Å². The number of hydrogen-bond donors (Lipinski definition) is 2. The molecule has 1 unspecified atom stereocenters. The fourth-order valence-electron chi connectivity index (χ4n) is 2.14. The molecule has 1 atom stereocenters. The number of benzene rings is 2. The van der Waals surface area contributed by atoms with Gasteiger partial charge in [0, 0.05) is 4.47 Å². The average molecular weight is 353 g/mol. The van der Waals surface area contributed by atoms with Gasteiger partial charge in [-0.1, -0.05) is 28.1 Å². The number of ether oxygens (including phenoxy) is 1. The van der Waals surface area contributed by atoms with E-state index in [9.17, 15) is 4.39 Å². The lowest BCUT2D eigenvalue weighted by atomic mass is 9.99. The zero-order valence-corrected chi connectivity index (χ0v) is 13.5. The van der Waals surface area contributed by atoms with E-state index < -0.39 is 0 Å². The smallest absolute Gasteiger partial charge is 0.123 e. The van der Waals surface area contributed by atoms with E-state index in [2.05, 4.69) is 21.4 Å².